The molecule has 0 saturated heterocycles. The first-order valence-electron chi connectivity index (χ1n) is 11.8. The summed E-state index contributed by atoms with van der Waals surface area (Å²) >= 11 is 0. The summed E-state index contributed by atoms with van der Waals surface area (Å²) < 4.78 is 24.2. The molecule has 0 bridgehead atoms. The molecule has 8 heteroatoms. The van der Waals surface area contributed by atoms with Crippen molar-refractivity contribution in [3.63, 3.8) is 0 Å². The van der Waals surface area contributed by atoms with Crippen LogP contribution in [0.2, 0.25) is 0 Å². The maximum atomic E-state index is 6.15. The van der Waals surface area contributed by atoms with E-state index in [2.05, 4.69) is 19.9 Å². The fraction of sp³-hybridized carbons (Fsp3) is 0. The summed E-state index contributed by atoms with van der Waals surface area (Å²) in [6.07, 6.45) is 0. The molecule has 0 fully saturated rings. The average molecular weight is 501 g/mol. The lowest BCUT2D eigenvalue weighted by atomic mass is 10.3. The molecule has 0 atom stereocenters. The van der Waals surface area contributed by atoms with E-state index >= 15 is 0 Å². The molecule has 0 spiro atoms. The predicted molar refractivity (Wildman–Crippen MR) is 141 cm³/mol. The second-order valence-electron chi connectivity index (χ2n) is 7.98. The molecule has 0 radical (unpaired) electrons. The van der Waals surface area contributed by atoms with Crippen LogP contribution in [0.1, 0.15) is 0 Å². The molecule has 38 heavy (non-hydrogen) atoms. The maximum absolute atomic E-state index is 6.15. The van der Waals surface area contributed by atoms with Crippen LogP contribution in [0, 0.1) is 0 Å². The van der Waals surface area contributed by atoms with E-state index in [0.717, 1.165) is 0 Å². The molecule has 0 aliphatic rings. The van der Waals surface area contributed by atoms with Crippen LogP contribution in [0.25, 0.3) is 11.0 Å². The number of hydrogen-bond acceptors (Lipinski definition) is 8. The van der Waals surface area contributed by atoms with Crippen molar-refractivity contribution in [1.82, 2.24) is 19.9 Å². The van der Waals surface area contributed by atoms with Gasteiger partial charge in [0, 0.05) is 0 Å². The van der Waals surface area contributed by atoms with E-state index in [-0.39, 0.29) is 23.8 Å². The molecule has 0 aliphatic carbocycles. The molecule has 6 rings (SSSR count). The predicted octanol–water partition coefficient (Wildman–Crippen LogP) is 7.59. The lowest BCUT2D eigenvalue weighted by molar-refractivity contribution is 0.402. The second-order valence-corrected chi connectivity index (χ2v) is 7.98. The Labute approximate surface area is 218 Å². The van der Waals surface area contributed by atoms with E-state index in [0.29, 0.717) is 34.0 Å². The van der Waals surface area contributed by atoms with Crippen LogP contribution in [0.4, 0.5) is 0 Å². The second kappa shape index (κ2) is 10.6. The Bertz CT molecular complexity index is 1530. The number of benzene rings is 4. The molecule has 0 unspecified atom stereocenters. The first-order valence-corrected chi connectivity index (χ1v) is 11.8. The molecular formula is C30H20N4O4. The standard InChI is InChI=1S/C30H20N4O4/c1-5-13-21(14-6-1)35-27-25-26(32-29(33-27)37-23-17-9-3-10-18-23)28(36-22-15-7-2-8-16-22)34-30(31-25)38-24-19-11-4-12-20-24/h1-20H. The third-order valence-electron chi connectivity index (χ3n) is 5.26. The van der Waals surface area contributed by atoms with Gasteiger partial charge in [0.15, 0.2) is 11.0 Å². The van der Waals surface area contributed by atoms with Gasteiger partial charge in [0.2, 0.25) is 0 Å². The largest absolute Gasteiger partial charge is 0.437 e. The zero-order valence-corrected chi connectivity index (χ0v) is 20.0. The Balaban J connectivity index is 1.52. The van der Waals surface area contributed by atoms with Gasteiger partial charge in [0.1, 0.15) is 23.0 Å². The number of aromatic nitrogens is 4. The van der Waals surface area contributed by atoms with Crippen LogP contribution in [0.15, 0.2) is 121 Å². The minimum atomic E-state index is 0.0490. The molecule has 6 aromatic rings. The number of nitrogens with zero attached hydrogens (tertiary/aromatic N) is 4. The van der Waals surface area contributed by atoms with E-state index in [4.69, 9.17) is 18.9 Å². The summed E-state index contributed by atoms with van der Waals surface area (Å²) in [6.45, 7) is 0. The van der Waals surface area contributed by atoms with Gasteiger partial charge in [0.25, 0.3) is 11.8 Å². The van der Waals surface area contributed by atoms with Gasteiger partial charge in [-0.05, 0) is 48.5 Å². The summed E-state index contributed by atoms with van der Waals surface area (Å²) in [5.74, 6) is 2.57. The van der Waals surface area contributed by atoms with Crippen LogP contribution in [0.5, 0.6) is 46.8 Å². The highest BCUT2D eigenvalue weighted by atomic mass is 16.5. The van der Waals surface area contributed by atoms with E-state index in [9.17, 15) is 0 Å². The summed E-state index contributed by atoms with van der Waals surface area (Å²) in [5, 5.41) is 0. The topological polar surface area (TPSA) is 88.5 Å². The molecule has 8 nitrogen and oxygen atoms in total. The first kappa shape index (κ1) is 22.9. The molecule has 0 saturated carbocycles. The molecule has 0 amide bonds. The minimum Gasteiger partial charge on any atom is -0.437 e. The zero-order chi connectivity index (χ0) is 25.6. The van der Waals surface area contributed by atoms with Crippen molar-refractivity contribution in [1.29, 1.82) is 0 Å². The fourth-order valence-electron chi connectivity index (χ4n) is 3.55. The maximum Gasteiger partial charge on any atom is 0.326 e. The van der Waals surface area contributed by atoms with Crippen LogP contribution < -0.4 is 18.9 Å². The summed E-state index contributed by atoms with van der Waals surface area (Å²) in [7, 11) is 0. The van der Waals surface area contributed by atoms with Gasteiger partial charge in [-0.25, -0.2) is 0 Å². The average Bonchev–Trinajstić information content (AvgIpc) is 2.96. The number of hydrogen-bond donors (Lipinski definition) is 0. The van der Waals surface area contributed by atoms with Crippen molar-refractivity contribution in [2.75, 3.05) is 0 Å². The van der Waals surface area contributed by atoms with E-state index < -0.39 is 0 Å². The van der Waals surface area contributed by atoms with Gasteiger partial charge in [-0.15, -0.1) is 0 Å². The highest BCUT2D eigenvalue weighted by Gasteiger charge is 2.21. The Morgan fingerprint density at radius 2 is 0.605 bits per heavy atom. The van der Waals surface area contributed by atoms with Gasteiger partial charge in [-0.3, -0.25) is 0 Å². The lowest BCUT2D eigenvalue weighted by Crippen LogP contribution is -2.03. The van der Waals surface area contributed by atoms with Gasteiger partial charge in [0.05, 0.1) is 0 Å². The van der Waals surface area contributed by atoms with Gasteiger partial charge in [-0.2, -0.15) is 19.9 Å². The van der Waals surface area contributed by atoms with Crippen LogP contribution in [-0.2, 0) is 0 Å². The van der Waals surface area contributed by atoms with E-state index in [1.54, 1.807) is 24.3 Å². The molecule has 0 aliphatic heterocycles. The Morgan fingerprint density at radius 3 is 0.921 bits per heavy atom. The SMILES string of the molecule is c1ccc(Oc2nc(Oc3ccccc3)c3nc(Oc4ccccc4)nc(Oc4ccccc4)c3n2)cc1. The van der Waals surface area contributed by atoms with E-state index in [1.165, 1.54) is 0 Å². The Hall–Kier alpha value is -5.50. The van der Waals surface area contributed by atoms with Gasteiger partial charge >= 0.3 is 12.0 Å². The van der Waals surface area contributed by atoms with Crippen molar-refractivity contribution in [3.05, 3.63) is 121 Å². The minimum absolute atomic E-state index is 0.0490. The highest BCUT2D eigenvalue weighted by Crippen LogP contribution is 2.36. The van der Waals surface area contributed by atoms with Crippen molar-refractivity contribution in [2.45, 2.75) is 0 Å². The van der Waals surface area contributed by atoms with Crippen LogP contribution in [-0.4, -0.2) is 19.9 Å². The Morgan fingerprint density at radius 1 is 0.316 bits per heavy atom. The third-order valence-corrected chi connectivity index (χ3v) is 5.26. The summed E-state index contributed by atoms with van der Waals surface area (Å²) in [4.78, 5) is 18.3. The summed E-state index contributed by atoms with van der Waals surface area (Å²) in [6, 6.07) is 37.1. The third kappa shape index (κ3) is 5.34. The highest BCUT2D eigenvalue weighted by molar-refractivity contribution is 5.84. The van der Waals surface area contributed by atoms with Crippen molar-refractivity contribution in [2.24, 2.45) is 0 Å². The molecule has 4 aromatic carbocycles. The number of fused-ring (bicyclic) bond motifs is 1. The first-order chi connectivity index (χ1) is 18.8. The lowest BCUT2D eigenvalue weighted by Gasteiger charge is -2.13. The number of para-hydroxylation sites is 4. The molecule has 0 N–H and O–H groups in total. The number of rotatable bonds is 8. The smallest absolute Gasteiger partial charge is 0.326 e. The van der Waals surface area contributed by atoms with Crippen LogP contribution in [0.3, 0.4) is 0 Å². The zero-order valence-electron chi connectivity index (χ0n) is 20.0. The molecule has 184 valence electrons. The van der Waals surface area contributed by atoms with Gasteiger partial charge in [-0.1, -0.05) is 72.8 Å². The van der Waals surface area contributed by atoms with Crippen LogP contribution >= 0.6 is 0 Å². The van der Waals surface area contributed by atoms with Crippen molar-refractivity contribution < 1.29 is 18.9 Å². The summed E-state index contributed by atoms with van der Waals surface area (Å²) in [5.41, 5.74) is 0.585. The van der Waals surface area contributed by atoms with Gasteiger partial charge < -0.3 is 18.9 Å². The fourth-order valence-corrected chi connectivity index (χ4v) is 3.55. The monoisotopic (exact) mass is 500 g/mol. The Kier molecular flexibility index (Phi) is 6.42. The number of ether oxygens (including phenoxy) is 4. The quantitative estimate of drug-likeness (QED) is 0.211. The molecule has 2 aromatic heterocycles. The van der Waals surface area contributed by atoms with Crippen molar-refractivity contribution >= 4 is 11.0 Å². The van der Waals surface area contributed by atoms with E-state index in [1.807, 2.05) is 97.1 Å². The van der Waals surface area contributed by atoms with Crippen molar-refractivity contribution in [3.8, 4) is 46.8 Å². The molecular weight excluding hydrogens is 480 g/mol. The molecule has 2 heterocycles. The normalized spacial score (nSPS) is 10.6.